The molecular formula is C13H27NO. The Hall–Kier alpha value is -0.0800. The molecule has 1 aliphatic heterocycles. The normalized spacial score (nSPS) is 30.4. The van der Waals surface area contributed by atoms with Gasteiger partial charge in [-0.3, -0.25) is 0 Å². The molecule has 0 aromatic heterocycles. The van der Waals surface area contributed by atoms with Gasteiger partial charge in [0, 0.05) is 12.6 Å². The van der Waals surface area contributed by atoms with Crippen molar-refractivity contribution >= 4 is 0 Å². The molecule has 15 heavy (non-hydrogen) atoms. The molecule has 1 fully saturated rings. The van der Waals surface area contributed by atoms with E-state index in [0.29, 0.717) is 12.5 Å². The zero-order chi connectivity index (χ0) is 11.3. The molecule has 0 aromatic carbocycles. The van der Waals surface area contributed by atoms with Crippen molar-refractivity contribution < 1.29 is 5.11 Å². The summed E-state index contributed by atoms with van der Waals surface area (Å²) in [6.07, 6.45) is 5.10. The largest absolute Gasteiger partial charge is 0.396 e. The van der Waals surface area contributed by atoms with E-state index < -0.39 is 0 Å². The number of aliphatic hydroxyl groups is 1. The van der Waals surface area contributed by atoms with Gasteiger partial charge in [-0.05, 0) is 43.6 Å². The fraction of sp³-hybridized carbons (Fsp3) is 1.00. The van der Waals surface area contributed by atoms with E-state index in [1.54, 1.807) is 0 Å². The number of nitrogens with one attached hydrogen (secondary N) is 1. The van der Waals surface area contributed by atoms with Crippen LogP contribution in [0.3, 0.4) is 0 Å². The summed E-state index contributed by atoms with van der Waals surface area (Å²) < 4.78 is 0. The first-order valence-corrected chi connectivity index (χ1v) is 6.49. The molecule has 4 atom stereocenters. The second kappa shape index (κ2) is 6.49. The minimum Gasteiger partial charge on any atom is -0.396 e. The molecule has 2 nitrogen and oxygen atoms in total. The molecule has 2 heteroatoms. The highest BCUT2D eigenvalue weighted by molar-refractivity contribution is 4.82. The van der Waals surface area contributed by atoms with Gasteiger partial charge >= 0.3 is 0 Å². The third kappa shape index (κ3) is 4.52. The Kier molecular flexibility index (Phi) is 5.62. The minimum absolute atomic E-state index is 0.333. The van der Waals surface area contributed by atoms with E-state index in [1.807, 2.05) is 0 Å². The summed E-state index contributed by atoms with van der Waals surface area (Å²) in [7, 11) is 0. The minimum atomic E-state index is 0.333. The van der Waals surface area contributed by atoms with Crippen LogP contribution in [0.15, 0.2) is 0 Å². The number of hydrogen-bond donors (Lipinski definition) is 2. The maximum atomic E-state index is 9.01. The summed E-state index contributed by atoms with van der Waals surface area (Å²) in [5, 5.41) is 12.6. The van der Waals surface area contributed by atoms with Crippen molar-refractivity contribution in [2.75, 3.05) is 13.2 Å². The van der Waals surface area contributed by atoms with Gasteiger partial charge in [0.15, 0.2) is 0 Å². The molecule has 0 bridgehead atoms. The van der Waals surface area contributed by atoms with Gasteiger partial charge in [-0.1, -0.05) is 27.2 Å². The van der Waals surface area contributed by atoms with E-state index in [2.05, 4.69) is 26.1 Å². The third-order valence-electron chi connectivity index (χ3n) is 3.69. The first-order valence-electron chi connectivity index (χ1n) is 6.49. The molecule has 2 N–H and O–H groups in total. The second-order valence-electron chi connectivity index (χ2n) is 5.48. The van der Waals surface area contributed by atoms with Crippen LogP contribution >= 0.6 is 0 Å². The van der Waals surface area contributed by atoms with E-state index in [1.165, 1.54) is 25.8 Å². The van der Waals surface area contributed by atoms with Crippen molar-refractivity contribution in [3.8, 4) is 0 Å². The van der Waals surface area contributed by atoms with E-state index in [4.69, 9.17) is 5.11 Å². The zero-order valence-electron chi connectivity index (χ0n) is 10.5. The first-order chi connectivity index (χ1) is 7.15. The number of rotatable bonds is 6. The highest BCUT2D eigenvalue weighted by Gasteiger charge is 2.24. The monoisotopic (exact) mass is 213 g/mol. The van der Waals surface area contributed by atoms with Crippen molar-refractivity contribution in [1.82, 2.24) is 5.32 Å². The van der Waals surface area contributed by atoms with Gasteiger partial charge in [-0.2, -0.15) is 0 Å². The predicted molar refractivity (Wildman–Crippen MR) is 64.8 cm³/mol. The number of hydrogen-bond acceptors (Lipinski definition) is 2. The van der Waals surface area contributed by atoms with Crippen molar-refractivity contribution in [3.63, 3.8) is 0 Å². The molecule has 0 radical (unpaired) electrons. The predicted octanol–water partition coefficient (Wildman–Crippen LogP) is 2.42. The summed E-state index contributed by atoms with van der Waals surface area (Å²) in [5.74, 6) is 2.10. The SMILES string of the molecule is CC[C@@H]1CNC(CC(C)C[C@@H](C)CO)C1. The van der Waals surface area contributed by atoms with Crippen LogP contribution < -0.4 is 5.32 Å². The molecule has 1 saturated heterocycles. The fourth-order valence-electron chi connectivity index (χ4n) is 2.74. The fourth-order valence-corrected chi connectivity index (χ4v) is 2.74. The Bertz CT molecular complexity index is 172. The Morgan fingerprint density at radius 3 is 2.60 bits per heavy atom. The lowest BCUT2D eigenvalue weighted by Crippen LogP contribution is -2.24. The van der Waals surface area contributed by atoms with E-state index in [-0.39, 0.29) is 0 Å². The molecule has 0 amide bonds. The standard InChI is InChI=1S/C13H27NO/c1-4-12-7-13(14-8-12)6-10(2)5-11(3)9-15/h10-15H,4-9H2,1-3H3/t10?,11-,12+,13?/m1/s1. The molecule has 2 unspecified atom stereocenters. The lowest BCUT2D eigenvalue weighted by atomic mass is 9.90. The van der Waals surface area contributed by atoms with Crippen LogP contribution in [0.5, 0.6) is 0 Å². The molecule has 0 spiro atoms. The van der Waals surface area contributed by atoms with Gasteiger partial charge in [-0.15, -0.1) is 0 Å². The maximum absolute atomic E-state index is 9.01. The highest BCUT2D eigenvalue weighted by atomic mass is 16.3. The van der Waals surface area contributed by atoms with Crippen LogP contribution in [0.1, 0.15) is 46.5 Å². The van der Waals surface area contributed by atoms with Gasteiger partial charge in [0.2, 0.25) is 0 Å². The Morgan fingerprint density at radius 2 is 2.07 bits per heavy atom. The second-order valence-corrected chi connectivity index (χ2v) is 5.48. The van der Waals surface area contributed by atoms with E-state index >= 15 is 0 Å². The summed E-state index contributed by atoms with van der Waals surface area (Å²) in [6.45, 7) is 8.27. The van der Waals surface area contributed by atoms with Crippen LogP contribution in [-0.2, 0) is 0 Å². The van der Waals surface area contributed by atoms with Gasteiger partial charge in [0.05, 0.1) is 0 Å². The lowest BCUT2D eigenvalue weighted by molar-refractivity contribution is 0.209. The Balaban J connectivity index is 2.18. The topological polar surface area (TPSA) is 32.3 Å². The maximum Gasteiger partial charge on any atom is 0.0456 e. The van der Waals surface area contributed by atoms with Crippen molar-refractivity contribution in [3.05, 3.63) is 0 Å². The number of aliphatic hydroxyl groups excluding tert-OH is 1. The van der Waals surface area contributed by atoms with Crippen molar-refractivity contribution in [2.45, 2.75) is 52.5 Å². The first kappa shape index (κ1) is 13.0. The summed E-state index contributed by atoms with van der Waals surface area (Å²) in [4.78, 5) is 0. The van der Waals surface area contributed by atoms with Gasteiger partial charge in [-0.25, -0.2) is 0 Å². The Morgan fingerprint density at radius 1 is 1.33 bits per heavy atom. The summed E-state index contributed by atoms with van der Waals surface area (Å²) in [6, 6.07) is 0.732. The van der Waals surface area contributed by atoms with Crippen molar-refractivity contribution in [2.24, 2.45) is 17.8 Å². The van der Waals surface area contributed by atoms with Crippen LogP contribution in [0, 0.1) is 17.8 Å². The average molecular weight is 213 g/mol. The van der Waals surface area contributed by atoms with Crippen LogP contribution in [-0.4, -0.2) is 24.3 Å². The summed E-state index contributed by atoms with van der Waals surface area (Å²) in [5.41, 5.74) is 0. The van der Waals surface area contributed by atoms with Crippen LogP contribution in [0.25, 0.3) is 0 Å². The Labute approximate surface area is 94.5 Å². The van der Waals surface area contributed by atoms with Crippen molar-refractivity contribution in [1.29, 1.82) is 0 Å². The molecule has 0 aromatic rings. The molecule has 0 aliphatic carbocycles. The van der Waals surface area contributed by atoms with Crippen LogP contribution in [0.2, 0.25) is 0 Å². The molecule has 0 saturated carbocycles. The zero-order valence-corrected chi connectivity index (χ0v) is 10.5. The molecule has 1 aliphatic rings. The molecular weight excluding hydrogens is 186 g/mol. The lowest BCUT2D eigenvalue weighted by Gasteiger charge is -2.19. The molecule has 1 rings (SSSR count). The molecule has 90 valence electrons. The van der Waals surface area contributed by atoms with Gasteiger partial charge < -0.3 is 10.4 Å². The van der Waals surface area contributed by atoms with Gasteiger partial charge in [0.1, 0.15) is 0 Å². The quantitative estimate of drug-likeness (QED) is 0.710. The summed E-state index contributed by atoms with van der Waals surface area (Å²) >= 11 is 0. The van der Waals surface area contributed by atoms with E-state index in [9.17, 15) is 0 Å². The smallest absolute Gasteiger partial charge is 0.0456 e. The third-order valence-corrected chi connectivity index (χ3v) is 3.69. The molecule has 1 heterocycles. The van der Waals surface area contributed by atoms with Crippen LogP contribution in [0.4, 0.5) is 0 Å². The average Bonchev–Trinajstić information content (AvgIpc) is 2.65. The van der Waals surface area contributed by atoms with E-state index in [0.717, 1.165) is 24.3 Å². The highest BCUT2D eigenvalue weighted by Crippen LogP contribution is 2.24. The van der Waals surface area contributed by atoms with Gasteiger partial charge in [0.25, 0.3) is 0 Å².